The van der Waals surface area contributed by atoms with Gasteiger partial charge in [-0.05, 0) is 24.6 Å². The Labute approximate surface area is 112 Å². The number of carbonyl (C=O) groups excluding carboxylic acids is 1. The SMILES string of the molecule is COc1ccc(OC)c(C(=O)C2CCS(=O)(=O)C2)c1. The summed E-state index contributed by atoms with van der Waals surface area (Å²) < 4.78 is 33.1. The topological polar surface area (TPSA) is 69.7 Å². The molecule has 0 N–H and O–H groups in total. The van der Waals surface area contributed by atoms with Crippen LogP contribution in [-0.2, 0) is 9.84 Å². The molecule has 0 bridgehead atoms. The van der Waals surface area contributed by atoms with E-state index in [0.29, 0.717) is 23.5 Å². The molecule has 1 aliphatic rings. The molecule has 1 aromatic carbocycles. The minimum absolute atomic E-state index is 0.0772. The largest absolute Gasteiger partial charge is 0.497 e. The summed E-state index contributed by atoms with van der Waals surface area (Å²) in [5.41, 5.74) is 0.379. The second-order valence-corrected chi connectivity index (χ2v) is 6.76. The maximum atomic E-state index is 12.4. The maximum Gasteiger partial charge on any atom is 0.170 e. The molecule has 1 aromatic rings. The van der Waals surface area contributed by atoms with E-state index in [0.717, 1.165) is 0 Å². The molecule has 104 valence electrons. The summed E-state index contributed by atoms with van der Waals surface area (Å²) in [5, 5.41) is 0. The van der Waals surface area contributed by atoms with E-state index in [1.807, 2.05) is 0 Å². The van der Waals surface area contributed by atoms with Crippen LogP contribution in [0.2, 0.25) is 0 Å². The van der Waals surface area contributed by atoms with E-state index in [1.54, 1.807) is 18.2 Å². The van der Waals surface area contributed by atoms with Crippen LogP contribution in [0.25, 0.3) is 0 Å². The minimum Gasteiger partial charge on any atom is -0.497 e. The van der Waals surface area contributed by atoms with Gasteiger partial charge in [0.2, 0.25) is 0 Å². The van der Waals surface area contributed by atoms with Crippen molar-refractivity contribution >= 4 is 15.6 Å². The van der Waals surface area contributed by atoms with Crippen LogP contribution >= 0.6 is 0 Å². The maximum absolute atomic E-state index is 12.4. The number of Topliss-reactive ketones (excluding diaryl/α,β-unsaturated/α-hetero) is 1. The predicted octanol–water partition coefficient (Wildman–Crippen LogP) is 1.32. The molecule has 0 aliphatic carbocycles. The lowest BCUT2D eigenvalue weighted by molar-refractivity contribution is 0.0930. The average molecular weight is 284 g/mol. The van der Waals surface area contributed by atoms with Crippen molar-refractivity contribution in [2.45, 2.75) is 6.42 Å². The minimum atomic E-state index is -3.08. The summed E-state index contributed by atoms with van der Waals surface area (Å²) >= 11 is 0. The number of ketones is 1. The van der Waals surface area contributed by atoms with Gasteiger partial charge in [-0.15, -0.1) is 0 Å². The number of ether oxygens (including phenoxy) is 2. The molecule has 0 saturated carbocycles. The monoisotopic (exact) mass is 284 g/mol. The first kappa shape index (κ1) is 13.9. The Morgan fingerprint density at radius 3 is 2.53 bits per heavy atom. The first-order valence-corrected chi connectivity index (χ1v) is 7.75. The van der Waals surface area contributed by atoms with Crippen molar-refractivity contribution in [2.24, 2.45) is 5.92 Å². The van der Waals surface area contributed by atoms with Gasteiger partial charge in [0.05, 0.1) is 31.3 Å². The molecule has 2 rings (SSSR count). The normalized spacial score (nSPS) is 21.1. The lowest BCUT2D eigenvalue weighted by Gasteiger charge is -2.12. The Hall–Kier alpha value is -1.56. The third kappa shape index (κ3) is 2.89. The summed E-state index contributed by atoms with van der Waals surface area (Å²) in [4.78, 5) is 12.4. The van der Waals surface area contributed by atoms with Crippen LogP contribution in [0, 0.1) is 5.92 Å². The Morgan fingerprint density at radius 2 is 2.00 bits per heavy atom. The summed E-state index contributed by atoms with van der Waals surface area (Å²) in [6, 6.07) is 4.93. The predicted molar refractivity (Wildman–Crippen MR) is 70.6 cm³/mol. The van der Waals surface area contributed by atoms with Gasteiger partial charge >= 0.3 is 0 Å². The number of carbonyl (C=O) groups is 1. The van der Waals surface area contributed by atoms with Crippen molar-refractivity contribution in [3.8, 4) is 11.5 Å². The summed E-state index contributed by atoms with van der Waals surface area (Å²) in [7, 11) is -0.0905. The van der Waals surface area contributed by atoms with Crippen LogP contribution in [0.15, 0.2) is 18.2 Å². The highest BCUT2D eigenvalue weighted by molar-refractivity contribution is 7.91. The Balaban J connectivity index is 2.33. The zero-order chi connectivity index (χ0) is 14.0. The third-order valence-electron chi connectivity index (χ3n) is 3.28. The molecule has 1 saturated heterocycles. The van der Waals surface area contributed by atoms with Crippen molar-refractivity contribution < 1.29 is 22.7 Å². The van der Waals surface area contributed by atoms with Gasteiger partial charge in [0.15, 0.2) is 15.6 Å². The van der Waals surface area contributed by atoms with Crippen molar-refractivity contribution in [1.82, 2.24) is 0 Å². The summed E-state index contributed by atoms with van der Waals surface area (Å²) in [5.74, 6) is 0.310. The fraction of sp³-hybridized carbons (Fsp3) is 0.462. The van der Waals surface area contributed by atoms with Crippen LogP contribution in [0.1, 0.15) is 16.8 Å². The highest BCUT2D eigenvalue weighted by Crippen LogP contribution is 2.30. The molecular formula is C13H16O5S. The van der Waals surface area contributed by atoms with Crippen LogP contribution in [0.4, 0.5) is 0 Å². The molecule has 5 nitrogen and oxygen atoms in total. The van der Waals surface area contributed by atoms with Gasteiger partial charge in [0.25, 0.3) is 0 Å². The van der Waals surface area contributed by atoms with Crippen LogP contribution in [0.3, 0.4) is 0 Å². The molecule has 1 unspecified atom stereocenters. The number of methoxy groups -OCH3 is 2. The lowest BCUT2D eigenvalue weighted by atomic mass is 9.96. The van der Waals surface area contributed by atoms with Crippen molar-refractivity contribution in [3.63, 3.8) is 0 Å². The molecule has 0 aromatic heterocycles. The van der Waals surface area contributed by atoms with E-state index < -0.39 is 15.8 Å². The van der Waals surface area contributed by atoms with Gasteiger partial charge in [-0.1, -0.05) is 0 Å². The fourth-order valence-electron chi connectivity index (χ4n) is 2.23. The highest BCUT2D eigenvalue weighted by atomic mass is 32.2. The second kappa shape index (κ2) is 5.21. The molecule has 1 aliphatic heterocycles. The molecule has 1 atom stereocenters. The van der Waals surface area contributed by atoms with Crippen LogP contribution in [0.5, 0.6) is 11.5 Å². The van der Waals surface area contributed by atoms with Gasteiger partial charge in [-0.3, -0.25) is 4.79 Å². The Morgan fingerprint density at radius 1 is 1.26 bits per heavy atom. The Kier molecular flexibility index (Phi) is 3.80. The number of hydrogen-bond acceptors (Lipinski definition) is 5. The molecule has 6 heteroatoms. The first-order chi connectivity index (χ1) is 8.96. The van der Waals surface area contributed by atoms with E-state index in [-0.39, 0.29) is 17.3 Å². The van der Waals surface area contributed by atoms with E-state index >= 15 is 0 Å². The van der Waals surface area contributed by atoms with Crippen LogP contribution < -0.4 is 9.47 Å². The number of sulfone groups is 1. The standard InChI is InChI=1S/C13H16O5S/c1-17-10-3-4-12(18-2)11(7-10)13(14)9-5-6-19(15,16)8-9/h3-4,7,9H,5-6,8H2,1-2H3. The van der Waals surface area contributed by atoms with Gasteiger partial charge < -0.3 is 9.47 Å². The van der Waals surface area contributed by atoms with E-state index in [9.17, 15) is 13.2 Å². The average Bonchev–Trinajstić information content (AvgIpc) is 2.77. The van der Waals surface area contributed by atoms with Gasteiger partial charge in [0, 0.05) is 5.92 Å². The molecule has 0 amide bonds. The van der Waals surface area contributed by atoms with Crippen molar-refractivity contribution in [1.29, 1.82) is 0 Å². The summed E-state index contributed by atoms with van der Waals surface area (Å²) in [6.45, 7) is 0. The second-order valence-electron chi connectivity index (χ2n) is 4.53. The fourth-order valence-corrected chi connectivity index (χ4v) is 3.97. The third-order valence-corrected chi connectivity index (χ3v) is 5.04. The number of benzene rings is 1. The smallest absolute Gasteiger partial charge is 0.170 e. The molecular weight excluding hydrogens is 268 g/mol. The van der Waals surface area contributed by atoms with Gasteiger partial charge in [-0.25, -0.2) is 8.42 Å². The van der Waals surface area contributed by atoms with Crippen molar-refractivity contribution in [3.05, 3.63) is 23.8 Å². The van der Waals surface area contributed by atoms with E-state index in [2.05, 4.69) is 0 Å². The van der Waals surface area contributed by atoms with E-state index in [1.165, 1.54) is 14.2 Å². The lowest BCUT2D eigenvalue weighted by Crippen LogP contribution is -2.17. The molecule has 1 fully saturated rings. The molecule has 19 heavy (non-hydrogen) atoms. The molecule has 0 spiro atoms. The summed E-state index contributed by atoms with van der Waals surface area (Å²) in [6.07, 6.45) is 0.377. The number of hydrogen-bond donors (Lipinski definition) is 0. The highest BCUT2D eigenvalue weighted by Gasteiger charge is 2.34. The Bertz CT molecular complexity index is 591. The molecule has 0 radical (unpaired) electrons. The molecule has 1 heterocycles. The van der Waals surface area contributed by atoms with Gasteiger partial charge in [-0.2, -0.15) is 0 Å². The number of rotatable bonds is 4. The first-order valence-electron chi connectivity index (χ1n) is 5.93. The van der Waals surface area contributed by atoms with Gasteiger partial charge in [0.1, 0.15) is 11.5 Å². The van der Waals surface area contributed by atoms with Crippen LogP contribution in [-0.4, -0.2) is 39.9 Å². The van der Waals surface area contributed by atoms with E-state index in [4.69, 9.17) is 9.47 Å². The zero-order valence-corrected chi connectivity index (χ0v) is 11.7. The zero-order valence-electron chi connectivity index (χ0n) is 10.9. The van der Waals surface area contributed by atoms with Crippen molar-refractivity contribution in [2.75, 3.05) is 25.7 Å². The quantitative estimate of drug-likeness (QED) is 0.780.